The summed E-state index contributed by atoms with van der Waals surface area (Å²) in [7, 11) is 0. The van der Waals surface area contributed by atoms with Gasteiger partial charge in [0.15, 0.2) is 22.5 Å². The number of hydrogen-bond donors (Lipinski definition) is 2. The van der Waals surface area contributed by atoms with Crippen LogP contribution in [0.5, 0.6) is 11.5 Å². The molecule has 0 spiro atoms. The van der Waals surface area contributed by atoms with Crippen molar-refractivity contribution in [3.8, 4) is 11.5 Å². The van der Waals surface area contributed by atoms with E-state index >= 15 is 0 Å². The molecule has 0 unspecified atom stereocenters. The smallest absolute Gasteiger partial charge is 0.251 e. The Morgan fingerprint density at radius 3 is 2.56 bits per heavy atom. The molecular weight excluding hydrogens is 525 g/mol. The Labute approximate surface area is 214 Å². The van der Waals surface area contributed by atoms with Crippen molar-refractivity contribution in [2.24, 2.45) is 0 Å². The number of carbonyl (C=O) groups excluding carboxylic acids is 2. The summed E-state index contributed by atoms with van der Waals surface area (Å²) in [5.74, 6) is 1.14. The van der Waals surface area contributed by atoms with Crippen LogP contribution in [0.1, 0.15) is 23.1 Å². The molecule has 2 heterocycles. The maximum absolute atomic E-state index is 12.5. The van der Waals surface area contributed by atoms with E-state index in [-0.39, 0.29) is 41.0 Å². The van der Waals surface area contributed by atoms with Gasteiger partial charge in [0.1, 0.15) is 0 Å². The zero-order chi connectivity index (χ0) is 24.2. The maximum atomic E-state index is 12.5. The number of aromatic nitrogens is 3. The molecule has 9 nitrogen and oxygen atoms in total. The fourth-order valence-corrected chi connectivity index (χ4v) is 4.87. The molecule has 2 amide bonds. The predicted molar refractivity (Wildman–Crippen MR) is 130 cm³/mol. The second kappa shape index (κ2) is 10.7. The number of fused-ring (bicyclic) bond motifs is 1. The van der Waals surface area contributed by atoms with Crippen LogP contribution < -0.4 is 20.1 Å². The van der Waals surface area contributed by atoms with Crippen LogP contribution in [0.25, 0.3) is 0 Å². The number of hydrogen-bond acceptors (Lipinski definition) is 7. The topological polar surface area (TPSA) is 107 Å². The number of amides is 2. The predicted octanol–water partition coefficient (Wildman–Crippen LogP) is 4.65. The molecule has 0 atom stereocenters. The average molecular weight is 543 g/mol. The van der Waals surface area contributed by atoms with E-state index in [1.165, 1.54) is 23.9 Å². The largest absolute Gasteiger partial charge is 0.454 e. The van der Waals surface area contributed by atoms with Crippen LogP contribution in [0, 0.1) is 0 Å². The highest BCUT2D eigenvalue weighted by atomic mass is 35.5. The number of nitrogens with zero attached hydrogens (tertiary/aromatic N) is 3. The van der Waals surface area contributed by atoms with Crippen LogP contribution in [0.4, 0.5) is 5.69 Å². The third kappa shape index (κ3) is 5.52. The molecule has 0 fully saturated rings. The Bertz CT molecular complexity index is 1230. The zero-order valence-corrected chi connectivity index (χ0v) is 20.8. The molecule has 1 aromatic heterocycles. The summed E-state index contributed by atoms with van der Waals surface area (Å²) in [5.41, 5.74) is 0.736. The van der Waals surface area contributed by atoms with Gasteiger partial charge in [-0.15, -0.1) is 10.2 Å². The SMILES string of the molecule is CCn1c(CNC(=O)c2ccc3c(c2)OCO3)nnc1SCC(=O)Nc1c(Cl)cc(Cl)cc1Cl. The van der Waals surface area contributed by atoms with Crippen molar-refractivity contribution < 1.29 is 19.1 Å². The molecule has 13 heteroatoms. The Kier molecular flexibility index (Phi) is 7.72. The molecule has 0 bridgehead atoms. The lowest BCUT2D eigenvalue weighted by Crippen LogP contribution is -2.24. The molecule has 34 heavy (non-hydrogen) atoms. The van der Waals surface area contributed by atoms with Crippen LogP contribution >= 0.6 is 46.6 Å². The van der Waals surface area contributed by atoms with Gasteiger partial charge in [-0.25, -0.2) is 0 Å². The van der Waals surface area contributed by atoms with Gasteiger partial charge in [-0.1, -0.05) is 46.6 Å². The average Bonchev–Trinajstić information content (AvgIpc) is 3.44. The van der Waals surface area contributed by atoms with E-state index < -0.39 is 0 Å². The number of thioether (sulfide) groups is 1. The molecule has 2 aromatic carbocycles. The Morgan fingerprint density at radius 1 is 1.09 bits per heavy atom. The molecule has 4 rings (SSSR count). The third-order valence-corrected chi connectivity index (χ3v) is 6.54. The lowest BCUT2D eigenvalue weighted by molar-refractivity contribution is -0.113. The van der Waals surface area contributed by atoms with E-state index in [0.717, 1.165) is 0 Å². The highest BCUT2D eigenvalue weighted by Gasteiger charge is 2.18. The molecule has 3 aromatic rings. The molecule has 1 aliphatic heterocycles. The summed E-state index contributed by atoms with van der Waals surface area (Å²) in [6.07, 6.45) is 0. The summed E-state index contributed by atoms with van der Waals surface area (Å²) in [6.45, 7) is 2.78. The van der Waals surface area contributed by atoms with Crippen molar-refractivity contribution >= 4 is 64.1 Å². The van der Waals surface area contributed by atoms with Crippen molar-refractivity contribution in [3.05, 3.63) is 56.8 Å². The van der Waals surface area contributed by atoms with Crippen LogP contribution in [0.2, 0.25) is 15.1 Å². The van der Waals surface area contributed by atoms with Crippen molar-refractivity contribution in [2.45, 2.75) is 25.2 Å². The van der Waals surface area contributed by atoms with Gasteiger partial charge >= 0.3 is 0 Å². The summed E-state index contributed by atoms with van der Waals surface area (Å²) in [6, 6.07) is 7.97. The number of benzene rings is 2. The van der Waals surface area contributed by atoms with Crippen molar-refractivity contribution in [1.29, 1.82) is 0 Å². The number of ether oxygens (including phenoxy) is 2. The Morgan fingerprint density at radius 2 is 1.82 bits per heavy atom. The number of halogens is 3. The zero-order valence-electron chi connectivity index (χ0n) is 17.7. The van der Waals surface area contributed by atoms with Crippen LogP contribution in [-0.4, -0.2) is 39.1 Å². The third-order valence-electron chi connectivity index (χ3n) is 4.76. The number of carbonyl (C=O) groups is 2. The van der Waals surface area contributed by atoms with Gasteiger partial charge in [0.05, 0.1) is 28.0 Å². The summed E-state index contributed by atoms with van der Waals surface area (Å²) in [4.78, 5) is 25.0. The minimum atomic E-state index is -0.320. The minimum Gasteiger partial charge on any atom is -0.454 e. The van der Waals surface area contributed by atoms with Crippen LogP contribution in [0.3, 0.4) is 0 Å². The van der Waals surface area contributed by atoms with E-state index in [4.69, 9.17) is 44.3 Å². The normalized spacial score (nSPS) is 12.0. The van der Waals surface area contributed by atoms with Gasteiger partial charge < -0.3 is 24.7 Å². The van der Waals surface area contributed by atoms with E-state index in [0.29, 0.717) is 45.3 Å². The molecule has 1 aliphatic rings. The van der Waals surface area contributed by atoms with Crippen LogP contribution in [-0.2, 0) is 17.9 Å². The molecule has 0 aliphatic carbocycles. The van der Waals surface area contributed by atoms with Crippen molar-refractivity contribution in [3.63, 3.8) is 0 Å². The van der Waals surface area contributed by atoms with E-state index in [1.807, 2.05) is 11.5 Å². The number of rotatable bonds is 8. The number of anilines is 1. The van der Waals surface area contributed by atoms with Crippen molar-refractivity contribution in [1.82, 2.24) is 20.1 Å². The lowest BCUT2D eigenvalue weighted by Gasteiger charge is -2.10. The maximum Gasteiger partial charge on any atom is 0.251 e. The first-order valence-electron chi connectivity index (χ1n) is 10.0. The fraction of sp³-hybridized carbons (Fsp3) is 0.238. The summed E-state index contributed by atoms with van der Waals surface area (Å²) < 4.78 is 12.4. The molecule has 0 radical (unpaired) electrons. The first-order valence-corrected chi connectivity index (χ1v) is 12.1. The molecular formula is C21H18Cl3N5O4S. The highest BCUT2D eigenvalue weighted by Crippen LogP contribution is 2.34. The molecule has 178 valence electrons. The first kappa shape index (κ1) is 24.5. The molecule has 0 saturated carbocycles. The molecule has 0 saturated heterocycles. The Balaban J connectivity index is 1.35. The Hall–Kier alpha value is -2.66. The summed E-state index contributed by atoms with van der Waals surface area (Å²) in [5, 5.41) is 15.2. The highest BCUT2D eigenvalue weighted by molar-refractivity contribution is 7.99. The van der Waals surface area contributed by atoms with E-state index in [2.05, 4.69) is 20.8 Å². The summed E-state index contributed by atoms with van der Waals surface area (Å²) >= 11 is 19.3. The van der Waals surface area contributed by atoms with Crippen molar-refractivity contribution in [2.75, 3.05) is 17.9 Å². The van der Waals surface area contributed by atoms with Gasteiger partial charge in [0.25, 0.3) is 5.91 Å². The van der Waals surface area contributed by atoms with E-state index in [9.17, 15) is 9.59 Å². The standard InChI is InChI=1S/C21H18Cl3N5O4S/c1-2-29-17(8-25-20(31)11-3-4-15-16(5-11)33-10-32-15)27-28-21(29)34-9-18(30)26-19-13(23)6-12(22)7-14(19)24/h3-7H,2,8-10H2,1H3,(H,25,31)(H,26,30). The monoisotopic (exact) mass is 541 g/mol. The first-order chi connectivity index (χ1) is 16.4. The quantitative estimate of drug-likeness (QED) is 0.399. The molecule has 2 N–H and O–H groups in total. The fourth-order valence-electron chi connectivity index (χ4n) is 3.14. The number of nitrogens with one attached hydrogen (secondary N) is 2. The van der Waals surface area contributed by atoms with Gasteiger partial charge in [0, 0.05) is 17.1 Å². The van der Waals surface area contributed by atoms with Gasteiger partial charge in [-0.05, 0) is 37.3 Å². The van der Waals surface area contributed by atoms with Gasteiger partial charge in [0.2, 0.25) is 12.7 Å². The van der Waals surface area contributed by atoms with Gasteiger partial charge in [-0.2, -0.15) is 0 Å². The second-order valence-corrected chi connectivity index (χ2v) is 9.17. The lowest BCUT2D eigenvalue weighted by atomic mass is 10.2. The van der Waals surface area contributed by atoms with E-state index in [1.54, 1.807) is 18.2 Å². The van der Waals surface area contributed by atoms with Gasteiger partial charge in [-0.3, -0.25) is 9.59 Å². The second-order valence-electron chi connectivity index (χ2n) is 6.98. The van der Waals surface area contributed by atoms with Crippen LogP contribution in [0.15, 0.2) is 35.5 Å². The minimum absolute atomic E-state index is 0.0526.